The molecule has 1 saturated carbocycles. The molecule has 2 aliphatic rings. The summed E-state index contributed by atoms with van der Waals surface area (Å²) in [5.74, 6) is -0.00635. The average molecular weight is 318 g/mol. The fourth-order valence-corrected chi connectivity index (χ4v) is 2.80. The standard InChI is InChI=1S/C13H22O2.O.Zr/c1-10-6-13(7-11(10,2)3)8-14-12(4,5)15-9-13;;/h10H,1-2,6-9H2,3-5H3;;/q-2;;+2/t10-,11-;;/m1../s1. The van der Waals surface area contributed by atoms with Gasteiger partial charge in [0.05, 0.1) is 13.2 Å². The van der Waals surface area contributed by atoms with Crippen LogP contribution in [0.5, 0.6) is 0 Å². The normalized spacial score (nSPS) is 38.6. The molecule has 0 unspecified atom stereocenters. The van der Waals surface area contributed by atoms with Crippen LogP contribution in [0.4, 0.5) is 0 Å². The van der Waals surface area contributed by atoms with Crippen LogP contribution in [0.25, 0.3) is 0 Å². The Morgan fingerprint density at radius 3 is 2.00 bits per heavy atom. The van der Waals surface area contributed by atoms with E-state index in [0.717, 1.165) is 26.1 Å². The Balaban J connectivity index is 0.000000686. The van der Waals surface area contributed by atoms with E-state index >= 15 is 0 Å². The van der Waals surface area contributed by atoms with Crippen molar-refractivity contribution in [2.24, 2.45) is 16.7 Å². The second-order valence-corrected chi connectivity index (χ2v) is 6.21. The van der Waals surface area contributed by atoms with E-state index in [-0.39, 0.29) is 10.8 Å². The number of ether oxygens (including phenoxy) is 2. The second-order valence-electron chi connectivity index (χ2n) is 6.21. The van der Waals surface area contributed by atoms with Gasteiger partial charge in [0.2, 0.25) is 0 Å². The molecule has 17 heavy (non-hydrogen) atoms. The summed E-state index contributed by atoms with van der Waals surface area (Å²) in [4.78, 5) is 0. The van der Waals surface area contributed by atoms with E-state index in [0.29, 0.717) is 30.6 Å². The first-order valence-electron chi connectivity index (χ1n) is 5.92. The van der Waals surface area contributed by atoms with E-state index in [2.05, 4.69) is 20.8 Å². The fraction of sp³-hybridized carbons (Fsp3) is 0.846. The summed E-state index contributed by atoms with van der Waals surface area (Å²) in [5.41, 5.74) is 0.243. The van der Waals surface area contributed by atoms with Crippen LogP contribution in [0, 0.1) is 30.6 Å². The van der Waals surface area contributed by atoms with Gasteiger partial charge in [-0.1, -0.05) is 19.8 Å². The van der Waals surface area contributed by atoms with Crippen molar-refractivity contribution in [2.45, 2.75) is 39.4 Å². The molecule has 1 heterocycles. The van der Waals surface area contributed by atoms with Gasteiger partial charge >= 0.3 is 27.5 Å². The average Bonchev–Trinajstić information content (AvgIpc) is 2.47. The number of hydrogen-bond donors (Lipinski definition) is 0. The van der Waals surface area contributed by atoms with Gasteiger partial charge in [-0.3, -0.25) is 0 Å². The van der Waals surface area contributed by atoms with E-state index < -0.39 is 5.79 Å². The minimum absolute atomic E-state index is 0.0776. The summed E-state index contributed by atoms with van der Waals surface area (Å²) >= 11 is 0.300. The monoisotopic (exact) mass is 316 g/mol. The van der Waals surface area contributed by atoms with Crippen LogP contribution in [0.1, 0.15) is 33.6 Å². The van der Waals surface area contributed by atoms with Gasteiger partial charge in [0, 0.05) is 5.41 Å². The third kappa shape index (κ3) is 3.55. The van der Waals surface area contributed by atoms with E-state index in [1.165, 1.54) is 0 Å². The molecule has 0 aromatic carbocycles. The van der Waals surface area contributed by atoms with Gasteiger partial charge in [0.1, 0.15) is 0 Å². The van der Waals surface area contributed by atoms with E-state index in [1.54, 1.807) is 0 Å². The number of rotatable bonds is 0. The topological polar surface area (TPSA) is 35.5 Å². The van der Waals surface area contributed by atoms with Crippen molar-refractivity contribution in [3.05, 3.63) is 13.8 Å². The van der Waals surface area contributed by atoms with Gasteiger partial charge in [-0.2, -0.15) is 11.3 Å². The summed E-state index contributed by atoms with van der Waals surface area (Å²) in [5, 5.41) is 0. The summed E-state index contributed by atoms with van der Waals surface area (Å²) in [6.45, 7) is 16.2. The SMILES string of the molecule is [CH2-][C@@H]1CC2(COC(C)(C)OC2)C[C@@]1([CH2-])C.[O]=[Zr+2]. The van der Waals surface area contributed by atoms with Crippen LogP contribution in [-0.2, 0) is 37.0 Å². The fourth-order valence-electron chi connectivity index (χ4n) is 2.80. The maximum atomic E-state index is 8.34. The van der Waals surface area contributed by atoms with Crippen LogP contribution in [-0.4, -0.2) is 19.0 Å². The molecular weight excluding hydrogens is 295 g/mol. The molecule has 0 N–H and O–H groups in total. The van der Waals surface area contributed by atoms with Crippen molar-refractivity contribution in [1.82, 2.24) is 0 Å². The maximum absolute atomic E-state index is 8.34. The zero-order valence-corrected chi connectivity index (χ0v) is 13.5. The predicted octanol–water partition coefficient (Wildman–Crippen LogP) is 2.72. The molecule has 1 aliphatic heterocycles. The van der Waals surface area contributed by atoms with Gasteiger partial charge in [0.25, 0.3) is 0 Å². The quantitative estimate of drug-likeness (QED) is 0.645. The van der Waals surface area contributed by atoms with E-state index in [9.17, 15) is 0 Å². The molecule has 0 aromatic rings. The Bertz CT molecular complexity index is 266. The zero-order valence-electron chi connectivity index (χ0n) is 11.0. The summed E-state index contributed by atoms with van der Waals surface area (Å²) in [6, 6.07) is 0. The van der Waals surface area contributed by atoms with Crippen LogP contribution < -0.4 is 0 Å². The van der Waals surface area contributed by atoms with Crippen LogP contribution in [0.2, 0.25) is 0 Å². The molecule has 96 valence electrons. The molecule has 4 heteroatoms. The van der Waals surface area contributed by atoms with Crippen molar-refractivity contribution >= 4 is 0 Å². The van der Waals surface area contributed by atoms with Crippen LogP contribution in [0.3, 0.4) is 0 Å². The molecule has 2 rings (SSSR count). The Morgan fingerprint density at radius 2 is 1.65 bits per heavy atom. The molecule has 0 amide bonds. The third-order valence-corrected chi connectivity index (χ3v) is 3.90. The molecule has 2 atom stereocenters. The molecule has 0 radical (unpaired) electrons. The summed E-state index contributed by atoms with van der Waals surface area (Å²) in [6.07, 6.45) is 2.13. The van der Waals surface area contributed by atoms with E-state index in [1.807, 2.05) is 13.8 Å². The Kier molecular flexibility index (Phi) is 4.89. The molecule has 1 aliphatic carbocycles. The molecular formula is C13H22O3Zr. The van der Waals surface area contributed by atoms with Gasteiger partial charge < -0.3 is 23.3 Å². The Morgan fingerprint density at radius 1 is 1.18 bits per heavy atom. The minimum atomic E-state index is -0.415. The first-order valence-corrected chi connectivity index (χ1v) is 6.92. The first-order chi connectivity index (χ1) is 7.75. The second kappa shape index (κ2) is 5.31. The summed E-state index contributed by atoms with van der Waals surface area (Å²) in [7, 11) is 0. The molecule has 1 spiro atoms. The van der Waals surface area contributed by atoms with Crippen LogP contribution in [0.15, 0.2) is 0 Å². The third-order valence-electron chi connectivity index (χ3n) is 3.90. The molecule has 1 saturated heterocycles. The van der Waals surface area contributed by atoms with Crippen molar-refractivity contribution in [3.63, 3.8) is 0 Å². The van der Waals surface area contributed by atoms with E-state index in [4.69, 9.17) is 12.3 Å². The Hall–Kier alpha value is 0.603. The zero-order chi connectivity index (χ0) is 13.3. The molecule has 0 bridgehead atoms. The van der Waals surface area contributed by atoms with Gasteiger partial charge in [-0.15, -0.1) is 0 Å². The van der Waals surface area contributed by atoms with Gasteiger partial charge in [-0.05, 0) is 13.8 Å². The van der Waals surface area contributed by atoms with Crippen molar-refractivity contribution in [1.29, 1.82) is 0 Å². The molecule has 2 fully saturated rings. The van der Waals surface area contributed by atoms with Gasteiger partial charge in [0.15, 0.2) is 5.79 Å². The molecule has 3 nitrogen and oxygen atoms in total. The van der Waals surface area contributed by atoms with Crippen molar-refractivity contribution in [3.8, 4) is 0 Å². The van der Waals surface area contributed by atoms with Crippen molar-refractivity contribution < 1.29 is 37.0 Å². The summed E-state index contributed by atoms with van der Waals surface area (Å²) < 4.78 is 19.9. The number of hydrogen-bond acceptors (Lipinski definition) is 3. The van der Waals surface area contributed by atoms with Crippen LogP contribution >= 0.6 is 0 Å². The Labute approximate surface area is 120 Å². The van der Waals surface area contributed by atoms with Gasteiger partial charge in [-0.25, -0.2) is 0 Å². The predicted molar refractivity (Wildman–Crippen MR) is 60.6 cm³/mol. The van der Waals surface area contributed by atoms with Crippen molar-refractivity contribution in [2.75, 3.05) is 13.2 Å². The molecule has 0 aromatic heterocycles. The first kappa shape index (κ1) is 15.7.